The standard InChI is InChI=1S/C19H20N4OS/c1-2-7-18-21-22-19(25)23(18)20-13-16-10-6-11-17(12-16)24-14-15-8-4-3-5-9-15/h3-6,8-13H,2,7,14H2,1H3,(H,22,25)/b20-13-. The summed E-state index contributed by atoms with van der Waals surface area (Å²) in [5.74, 6) is 1.64. The van der Waals surface area contributed by atoms with Crippen molar-refractivity contribution in [2.45, 2.75) is 26.4 Å². The molecule has 0 radical (unpaired) electrons. The van der Waals surface area contributed by atoms with Crippen molar-refractivity contribution in [2.24, 2.45) is 5.10 Å². The Bertz CT molecular complexity index is 899. The SMILES string of the molecule is CCCc1n[nH]c(=S)n1/N=C\c1cccc(OCc2ccccc2)c1. The molecular weight excluding hydrogens is 332 g/mol. The number of aromatic amines is 1. The van der Waals surface area contributed by atoms with Crippen molar-refractivity contribution in [2.75, 3.05) is 0 Å². The fraction of sp³-hybridized carbons (Fsp3) is 0.211. The summed E-state index contributed by atoms with van der Waals surface area (Å²) in [6, 6.07) is 17.9. The number of rotatable bonds is 7. The molecule has 0 saturated heterocycles. The molecule has 0 amide bonds. The van der Waals surface area contributed by atoms with Crippen LogP contribution in [0.2, 0.25) is 0 Å². The molecule has 0 aliphatic carbocycles. The number of aromatic nitrogens is 3. The van der Waals surface area contributed by atoms with Crippen LogP contribution < -0.4 is 4.74 Å². The smallest absolute Gasteiger partial charge is 0.216 e. The van der Waals surface area contributed by atoms with Gasteiger partial charge in [-0.05, 0) is 41.9 Å². The Labute approximate surface area is 152 Å². The third-order valence-electron chi connectivity index (χ3n) is 3.62. The number of nitrogens with zero attached hydrogens (tertiary/aromatic N) is 3. The first-order valence-corrected chi connectivity index (χ1v) is 8.64. The van der Waals surface area contributed by atoms with Gasteiger partial charge < -0.3 is 4.74 Å². The van der Waals surface area contributed by atoms with E-state index in [1.165, 1.54) is 0 Å². The van der Waals surface area contributed by atoms with Crippen LogP contribution in [0.1, 0.15) is 30.3 Å². The van der Waals surface area contributed by atoms with Crippen molar-refractivity contribution in [3.8, 4) is 5.75 Å². The van der Waals surface area contributed by atoms with Crippen LogP contribution in [0.4, 0.5) is 0 Å². The van der Waals surface area contributed by atoms with E-state index in [4.69, 9.17) is 17.0 Å². The van der Waals surface area contributed by atoms with Crippen molar-refractivity contribution >= 4 is 18.4 Å². The van der Waals surface area contributed by atoms with Gasteiger partial charge in [0.05, 0.1) is 6.21 Å². The number of hydrogen-bond donors (Lipinski definition) is 1. The molecule has 0 saturated carbocycles. The van der Waals surface area contributed by atoms with Crippen molar-refractivity contribution in [3.05, 3.63) is 76.3 Å². The van der Waals surface area contributed by atoms with E-state index in [1.807, 2.05) is 54.6 Å². The fourth-order valence-corrected chi connectivity index (χ4v) is 2.58. The lowest BCUT2D eigenvalue weighted by atomic mass is 10.2. The van der Waals surface area contributed by atoms with Crippen LogP contribution in [0.5, 0.6) is 5.75 Å². The van der Waals surface area contributed by atoms with E-state index in [2.05, 4.69) is 22.2 Å². The van der Waals surface area contributed by atoms with Gasteiger partial charge in [0, 0.05) is 6.42 Å². The van der Waals surface area contributed by atoms with Gasteiger partial charge in [-0.2, -0.15) is 14.9 Å². The Balaban J connectivity index is 1.71. The molecule has 0 aliphatic heterocycles. The maximum Gasteiger partial charge on any atom is 0.216 e. The number of hydrogen-bond acceptors (Lipinski definition) is 4. The van der Waals surface area contributed by atoms with Gasteiger partial charge in [-0.15, -0.1) is 0 Å². The lowest BCUT2D eigenvalue weighted by molar-refractivity contribution is 0.306. The van der Waals surface area contributed by atoms with Crippen LogP contribution in [0.3, 0.4) is 0 Å². The highest BCUT2D eigenvalue weighted by atomic mass is 32.1. The third kappa shape index (κ3) is 4.64. The molecule has 1 N–H and O–H groups in total. The molecule has 3 aromatic rings. The zero-order valence-electron chi connectivity index (χ0n) is 14.1. The molecule has 0 aliphatic rings. The molecule has 1 aromatic heterocycles. The second-order valence-electron chi connectivity index (χ2n) is 5.60. The molecule has 0 fully saturated rings. The molecule has 128 valence electrons. The first-order chi connectivity index (χ1) is 12.3. The quantitative estimate of drug-likeness (QED) is 0.508. The Morgan fingerprint density at radius 1 is 1.20 bits per heavy atom. The molecule has 1 heterocycles. The summed E-state index contributed by atoms with van der Waals surface area (Å²) in [7, 11) is 0. The average Bonchev–Trinajstić information content (AvgIpc) is 2.99. The summed E-state index contributed by atoms with van der Waals surface area (Å²) in [4.78, 5) is 0. The minimum atomic E-state index is 0.496. The van der Waals surface area contributed by atoms with Crippen molar-refractivity contribution < 1.29 is 4.74 Å². The van der Waals surface area contributed by atoms with Gasteiger partial charge in [0.25, 0.3) is 0 Å². The van der Waals surface area contributed by atoms with Gasteiger partial charge in [0.15, 0.2) is 5.82 Å². The van der Waals surface area contributed by atoms with Crippen LogP contribution >= 0.6 is 12.2 Å². The Hall–Kier alpha value is -2.73. The molecule has 2 aromatic carbocycles. The number of nitrogens with one attached hydrogen (secondary N) is 1. The first kappa shape index (κ1) is 17.1. The minimum Gasteiger partial charge on any atom is -0.489 e. The lowest BCUT2D eigenvalue weighted by Gasteiger charge is -2.06. The second kappa shape index (κ2) is 8.39. The van der Waals surface area contributed by atoms with Gasteiger partial charge in [-0.3, -0.25) is 5.10 Å². The Morgan fingerprint density at radius 2 is 2.04 bits per heavy atom. The van der Waals surface area contributed by atoms with E-state index in [9.17, 15) is 0 Å². The van der Waals surface area contributed by atoms with E-state index >= 15 is 0 Å². The van der Waals surface area contributed by atoms with Gasteiger partial charge in [0.2, 0.25) is 4.77 Å². The van der Waals surface area contributed by atoms with E-state index < -0.39 is 0 Å². The second-order valence-corrected chi connectivity index (χ2v) is 5.98. The summed E-state index contributed by atoms with van der Waals surface area (Å²) >= 11 is 5.23. The zero-order chi connectivity index (χ0) is 17.5. The summed E-state index contributed by atoms with van der Waals surface area (Å²) in [6.07, 6.45) is 3.57. The van der Waals surface area contributed by atoms with E-state index in [0.717, 1.165) is 35.5 Å². The molecule has 3 rings (SSSR count). The predicted octanol–water partition coefficient (Wildman–Crippen LogP) is 4.35. The van der Waals surface area contributed by atoms with E-state index in [-0.39, 0.29) is 0 Å². The first-order valence-electron chi connectivity index (χ1n) is 8.23. The van der Waals surface area contributed by atoms with E-state index in [0.29, 0.717) is 11.4 Å². The van der Waals surface area contributed by atoms with Crippen molar-refractivity contribution in [3.63, 3.8) is 0 Å². The third-order valence-corrected chi connectivity index (χ3v) is 3.88. The normalized spacial score (nSPS) is 11.1. The van der Waals surface area contributed by atoms with Crippen LogP contribution in [-0.2, 0) is 13.0 Å². The monoisotopic (exact) mass is 352 g/mol. The van der Waals surface area contributed by atoms with Crippen LogP contribution in [0, 0.1) is 4.77 Å². The van der Waals surface area contributed by atoms with Gasteiger partial charge in [-0.1, -0.05) is 49.4 Å². The molecule has 0 atom stereocenters. The predicted molar refractivity (Wildman–Crippen MR) is 102 cm³/mol. The molecule has 5 nitrogen and oxygen atoms in total. The molecule has 0 spiro atoms. The highest BCUT2D eigenvalue weighted by molar-refractivity contribution is 7.71. The van der Waals surface area contributed by atoms with Crippen molar-refractivity contribution in [1.29, 1.82) is 0 Å². The number of benzene rings is 2. The van der Waals surface area contributed by atoms with Gasteiger partial charge in [0.1, 0.15) is 12.4 Å². The average molecular weight is 352 g/mol. The summed E-state index contributed by atoms with van der Waals surface area (Å²) in [5.41, 5.74) is 2.08. The molecule has 25 heavy (non-hydrogen) atoms. The molecule has 6 heteroatoms. The number of ether oxygens (including phenoxy) is 1. The molecule has 0 unspecified atom stereocenters. The largest absolute Gasteiger partial charge is 0.489 e. The van der Waals surface area contributed by atoms with Crippen LogP contribution in [0.25, 0.3) is 0 Å². The highest BCUT2D eigenvalue weighted by Crippen LogP contribution is 2.14. The summed E-state index contributed by atoms with van der Waals surface area (Å²) in [6.45, 7) is 2.63. The highest BCUT2D eigenvalue weighted by Gasteiger charge is 2.03. The maximum atomic E-state index is 5.85. The van der Waals surface area contributed by atoms with Crippen molar-refractivity contribution in [1.82, 2.24) is 14.9 Å². The fourth-order valence-electron chi connectivity index (χ4n) is 2.38. The topological polar surface area (TPSA) is 55.2 Å². The minimum absolute atomic E-state index is 0.496. The maximum absolute atomic E-state index is 5.85. The van der Waals surface area contributed by atoms with Gasteiger partial charge >= 0.3 is 0 Å². The Morgan fingerprint density at radius 3 is 2.84 bits per heavy atom. The molecular formula is C19H20N4OS. The van der Waals surface area contributed by atoms with E-state index in [1.54, 1.807) is 10.9 Å². The van der Waals surface area contributed by atoms with Gasteiger partial charge in [-0.25, -0.2) is 0 Å². The van der Waals surface area contributed by atoms with Crippen LogP contribution in [0.15, 0.2) is 59.7 Å². The number of aryl methyl sites for hydroxylation is 1. The Kier molecular flexibility index (Phi) is 5.74. The van der Waals surface area contributed by atoms with Crippen LogP contribution in [-0.4, -0.2) is 21.1 Å². The zero-order valence-corrected chi connectivity index (χ0v) is 14.9. The molecule has 0 bridgehead atoms. The summed E-state index contributed by atoms with van der Waals surface area (Å²) < 4.78 is 8.01. The summed E-state index contributed by atoms with van der Waals surface area (Å²) in [5, 5.41) is 11.4. The number of H-pyrrole nitrogens is 1. The lowest BCUT2D eigenvalue weighted by Crippen LogP contribution is -1.99.